The van der Waals surface area contributed by atoms with Crippen LogP contribution in [0.25, 0.3) is 0 Å². The third-order valence-corrected chi connectivity index (χ3v) is 4.76. The van der Waals surface area contributed by atoms with Crippen LogP contribution in [0.5, 0.6) is 0 Å². The molecule has 1 fully saturated rings. The molecule has 1 aromatic heterocycles. The minimum Gasteiger partial charge on any atom is -0.354 e. The standard InChI is InChI=1S/C21H26N4O2/c26-20(18-8-4-10-22-14-18)23-11-12-24-21(27)19-9-5-13-25(16-19)15-17-6-2-1-3-7-17/h1-4,6-8,10,14,19H,5,9,11-13,15-16H2,(H,23,26)(H,24,27). The van der Waals surface area contributed by atoms with Gasteiger partial charge < -0.3 is 10.6 Å². The van der Waals surface area contributed by atoms with Gasteiger partial charge >= 0.3 is 0 Å². The van der Waals surface area contributed by atoms with Gasteiger partial charge in [-0.05, 0) is 37.1 Å². The molecule has 3 rings (SSSR count). The molecule has 0 radical (unpaired) electrons. The normalized spacial score (nSPS) is 17.3. The quantitative estimate of drug-likeness (QED) is 0.734. The Morgan fingerprint density at radius 3 is 2.67 bits per heavy atom. The lowest BCUT2D eigenvalue weighted by atomic mass is 9.96. The molecule has 0 saturated carbocycles. The summed E-state index contributed by atoms with van der Waals surface area (Å²) in [6.45, 7) is 3.52. The van der Waals surface area contributed by atoms with E-state index in [1.54, 1.807) is 18.3 Å². The fourth-order valence-corrected chi connectivity index (χ4v) is 3.36. The number of aromatic nitrogens is 1. The predicted molar refractivity (Wildman–Crippen MR) is 104 cm³/mol. The maximum absolute atomic E-state index is 12.5. The number of benzene rings is 1. The van der Waals surface area contributed by atoms with E-state index in [4.69, 9.17) is 0 Å². The van der Waals surface area contributed by atoms with Crippen LogP contribution in [0.2, 0.25) is 0 Å². The Hall–Kier alpha value is -2.73. The van der Waals surface area contributed by atoms with Gasteiger partial charge in [-0.3, -0.25) is 19.5 Å². The van der Waals surface area contributed by atoms with Gasteiger partial charge in [-0.25, -0.2) is 0 Å². The molecule has 1 aromatic carbocycles. The zero-order valence-corrected chi connectivity index (χ0v) is 15.4. The monoisotopic (exact) mass is 366 g/mol. The molecule has 2 heterocycles. The number of hydrogen-bond acceptors (Lipinski definition) is 4. The number of hydrogen-bond donors (Lipinski definition) is 2. The molecule has 2 aromatic rings. The minimum atomic E-state index is -0.177. The van der Waals surface area contributed by atoms with E-state index in [2.05, 4.69) is 32.7 Å². The lowest BCUT2D eigenvalue weighted by molar-refractivity contribution is -0.126. The maximum atomic E-state index is 12.5. The van der Waals surface area contributed by atoms with Gasteiger partial charge in [0.05, 0.1) is 11.5 Å². The second-order valence-corrected chi connectivity index (χ2v) is 6.85. The Kier molecular flexibility index (Phi) is 6.93. The average Bonchev–Trinajstić information content (AvgIpc) is 2.72. The zero-order chi connectivity index (χ0) is 18.9. The number of nitrogens with zero attached hydrogens (tertiary/aromatic N) is 2. The summed E-state index contributed by atoms with van der Waals surface area (Å²) in [4.78, 5) is 30.7. The van der Waals surface area contributed by atoms with Crippen molar-refractivity contribution in [2.45, 2.75) is 19.4 Å². The van der Waals surface area contributed by atoms with Crippen molar-refractivity contribution in [3.63, 3.8) is 0 Å². The summed E-state index contributed by atoms with van der Waals surface area (Å²) in [6.07, 6.45) is 5.10. The fraction of sp³-hybridized carbons (Fsp3) is 0.381. The zero-order valence-electron chi connectivity index (χ0n) is 15.4. The Morgan fingerprint density at radius 1 is 1.07 bits per heavy atom. The second kappa shape index (κ2) is 9.83. The van der Waals surface area contributed by atoms with Crippen molar-refractivity contribution in [3.8, 4) is 0 Å². The first kappa shape index (κ1) is 19.0. The maximum Gasteiger partial charge on any atom is 0.252 e. The van der Waals surface area contributed by atoms with Gasteiger partial charge in [-0.1, -0.05) is 30.3 Å². The number of pyridine rings is 1. The summed E-state index contributed by atoms with van der Waals surface area (Å²) < 4.78 is 0. The van der Waals surface area contributed by atoms with E-state index < -0.39 is 0 Å². The first-order valence-corrected chi connectivity index (χ1v) is 9.44. The van der Waals surface area contributed by atoms with E-state index in [-0.39, 0.29) is 17.7 Å². The average molecular weight is 366 g/mol. The van der Waals surface area contributed by atoms with Crippen molar-refractivity contribution in [1.82, 2.24) is 20.5 Å². The molecule has 6 nitrogen and oxygen atoms in total. The second-order valence-electron chi connectivity index (χ2n) is 6.85. The van der Waals surface area contributed by atoms with Crippen LogP contribution in [-0.2, 0) is 11.3 Å². The highest BCUT2D eigenvalue weighted by Gasteiger charge is 2.25. The Balaban J connectivity index is 1.38. The van der Waals surface area contributed by atoms with Crippen molar-refractivity contribution < 1.29 is 9.59 Å². The molecule has 2 N–H and O–H groups in total. The summed E-state index contributed by atoms with van der Waals surface area (Å²) in [5, 5.41) is 5.74. The number of nitrogens with one attached hydrogen (secondary N) is 2. The Bertz CT molecular complexity index is 736. The van der Waals surface area contributed by atoms with Crippen LogP contribution < -0.4 is 10.6 Å². The van der Waals surface area contributed by atoms with Crippen LogP contribution >= 0.6 is 0 Å². The van der Waals surface area contributed by atoms with Crippen LogP contribution in [-0.4, -0.2) is 47.9 Å². The first-order chi connectivity index (χ1) is 13.2. The smallest absolute Gasteiger partial charge is 0.252 e. The van der Waals surface area contributed by atoms with Crippen molar-refractivity contribution in [2.24, 2.45) is 5.92 Å². The van der Waals surface area contributed by atoms with Gasteiger partial charge in [0.2, 0.25) is 5.91 Å². The van der Waals surface area contributed by atoms with E-state index in [0.29, 0.717) is 18.7 Å². The predicted octanol–water partition coefficient (Wildman–Crippen LogP) is 1.84. The fourth-order valence-electron chi connectivity index (χ4n) is 3.36. The molecular weight excluding hydrogens is 340 g/mol. The van der Waals surface area contributed by atoms with Gasteiger partial charge in [0, 0.05) is 38.6 Å². The first-order valence-electron chi connectivity index (χ1n) is 9.44. The third-order valence-electron chi connectivity index (χ3n) is 4.76. The van der Waals surface area contributed by atoms with Crippen molar-refractivity contribution in [1.29, 1.82) is 0 Å². The lowest BCUT2D eigenvalue weighted by Gasteiger charge is -2.32. The number of rotatable bonds is 7. The molecule has 27 heavy (non-hydrogen) atoms. The molecule has 1 aliphatic heterocycles. The summed E-state index contributed by atoms with van der Waals surface area (Å²) in [5.74, 6) is -0.0936. The molecular formula is C21H26N4O2. The number of carbonyl (C=O) groups is 2. The highest BCUT2D eigenvalue weighted by atomic mass is 16.2. The van der Waals surface area contributed by atoms with Crippen LogP contribution in [0.3, 0.4) is 0 Å². The number of piperidine rings is 1. The van der Waals surface area contributed by atoms with Crippen molar-refractivity contribution in [3.05, 3.63) is 66.0 Å². The lowest BCUT2D eigenvalue weighted by Crippen LogP contribution is -2.44. The molecule has 6 heteroatoms. The van der Waals surface area contributed by atoms with Gasteiger partial charge in [0.25, 0.3) is 5.91 Å². The van der Waals surface area contributed by atoms with E-state index >= 15 is 0 Å². The topological polar surface area (TPSA) is 74.3 Å². The van der Waals surface area contributed by atoms with E-state index in [0.717, 1.165) is 32.5 Å². The van der Waals surface area contributed by atoms with Crippen molar-refractivity contribution >= 4 is 11.8 Å². The van der Waals surface area contributed by atoms with E-state index in [9.17, 15) is 9.59 Å². The number of amides is 2. The van der Waals surface area contributed by atoms with Crippen LogP contribution in [0, 0.1) is 5.92 Å². The van der Waals surface area contributed by atoms with E-state index in [1.807, 2.05) is 18.2 Å². The van der Waals surface area contributed by atoms with Gasteiger partial charge in [-0.15, -0.1) is 0 Å². The summed E-state index contributed by atoms with van der Waals surface area (Å²) in [5.41, 5.74) is 1.80. The minimum absolute atomic E-state index is 0.0106. The van der Waals surface area contributed by atoms with Gasteiger partial charge in [0.1, 0.15) is 0 Å². The van der Waals surface area contributed by atoms with Gasteiger partial charge in [0.15, 0.2) is 0 Å². The summed E-state index contributed by atoms with van der Waals surface area (Å²) in [7, 11) is 0. The molecule has 0 aliphatic carbocycles. The largest absolute Gasteiger partial charge is 0.354 e. The molecule has 0 spiro atoms. The highest BCUT2D eigenvalue weighted by Crippen LogP contribution is 2.18. The van der Waals surface area contributed by atoms with E-state index in [1.165, 1.54) is 11.8 Å². The third kappa shape index (κ3) is 5.89. The summed E-state index contributed by atoms with van der Waals surface area (Å²) in [6, 6.07) is 13.8. The molecule has 1 unspecified atom stereocenters. The molecule has 142 valence electrons. The van der Waals surface area contributed by atoms with Crippen LogP contribution in [0.1, 0.15) is 28.8 Å². The molecule has 0 bridgehead atoms. The molecule has 1 aliphatic rings. The van der Waals surface area contributed by atoms with Gasteiger partial charge in [-0.2, -0.15) is 0 Å². The van der Waals surface area contributed by atoms with Crippen LogP contribution in [0.4, 0.5) is 0 Å². The highest BCUT2D eigenvalue weighted by molar-refractivity contribution is 5.93. The molecule has 1 saturated heterocycles. The van der Waals surface area contributed by atoms with Crippen LogP contribution in [0.15, 0.2) is 54.9 Å². The molecule has 1 atom stereocenters. The SMILES string of the molecule is O=C(NCCNC(=O)C1CCCN(Cc2ccccc2)C1)c1cccnc1. The summed E-state index contributed by atoms with van der Waals surface area (Å²) >= 11 is 0. The Labute approximate surface area is 160 Å². The number of carbonyl (C=O) groups excluding carboxylic acids is 2. The Morgan fingerprint density at radius 2 is 1.89 bits per heavy atom. The van der Waals surface area contributed by atoms with Crippen molar-refractivity contribution in [2.75, 3.05) is 26.2 Å². The number of likely N-dealkylation sites (tertiary alicyclic amines) is 1. The molecule has 2 amide bonds.